The number of hydrogen-bond acceptors (Lipinski definition) is 3. The van der Waals surface area contributed by atoms with E-state index in [4.69, 9.17) is 0 Å². The molecule has 0 N–H and O–H groups in total. The summed E-state index contributed by atoms with van der Waals surface area (Å²) in [5, 5.41) is 7.53. The van der Waals surface area contributed by atoms with E-state index in [2.05, 4.69) is 300 Å². The van der Waals surface area contributed by atoms with Gasteiger partial charge in [0, 0.05) is 51.4 Å². The van der Waals surface area contributed by atoms with E-state index in [0.29, 0.717) is 0 Å². The fourth-order valence-corrected chi connectivity index (χ4v) is 10.5. The fourth-order valence-electron chi connectivity index (χ4n) is 10.5. The molecule has 1 aliphatic rings. The van der Waals surface area contributed by atoms with Crippen LogP contribution >= 0.6 is 0 Å². The maximum absolute atomic E-state index is 2.48. The van der Waals surface area contributed by atoms with E-state index in [1.807, 2.05) is 0 Å². The molecule has 12 rings (SSSR count). The summed E-state index contributed by atoms with van der Waals surface area (Å²) in [5.74, 6) is 0.173. The molecular formula is C68H53N3. The Morgan fingerprint density at radius 2 is 0.732 bits per heavy atom. The average Bonchev–Trinajstić information content (AvgIpc) is 3.44. The molecule has 0 saturated heterocycles. The van der Waals surface area contributed by atoms with Gasteiger partial charge in [-0.1, -0.05) is 188 Å². The summed E-state index contributed by atoms with van der Waals surface area (Å²) >= 11 is 0. The molecular weight excluding hydrogens is 859 g/mol. The first-order valence-corrected chi connectivity index (χ1v) is 24.8. The molecule has 0 radical (unpaired) electrons. The molecule has 3 nitrogen and oxygen atoms in total. The standard InChI is InChI=1S/C68H53N3/c1-4-16-50(17-5-1)46-68(58-29-28-51-18-10-13-21-55(51)47-58)54-32-34-61(35-33-54)69(62-38-42-64(43-39-62)70(59-24-6-2-7-25-59)66-36-30-52-19-11-14-22-56(52)48-66)63-40-44-65(45-41-63)71(60-26-8-3-9-27-60)67-37-31-53-20-12-15-23-57(53)49-67/h1-36,38-45,47-49,67-68H,37,46H2. The van der Waals surface area contributed by atoms with Crippen molar-refractivity contribution in [2.75, 3.05) is 14.7 Å². The number of hydrogen-bond donors (Lipinski definition) is 0. The summed E-state index contributed by atoms with van der Waals surface area (Å²) in [6, 6.07) is 99.7. The molecule has 340 valence electrons. The summed E-state index contributed by atoms with van der Waals surface area (Å²) in [6.07, 6.45) is 6.62. The Kier molecular flexibility index (Phi) is 12.0. The van der Waals surface area contributed by atoms with Crippen LogP contribution in [0.1, 0.15) is 29.0 Å². The van der Waals surface area contributed by atoms with Gasteiger partial charge in [-0.25, -0.2) is 0 Å². The lowest BCUT2D eigenvalue weighted by atomic mass is 9.85. The largest absolute Gasteiger partial charge is 0.334 e. The number of nitrogens with zero attached hydrogens (tertiary/aromatic N) is 3. The van der Waals surface area contributed by atoms with Crippen LogP contribution in [0.4, 0.5) is 45.5 Å². The highest BCUT2D eigenvalue weighted by atomic mass is 15.2. The maximum atomic E-state index is 2.48. The zero-order valence-electron chi connectivity index (χ0n) is 39.5. The second-order valence-electron chi connectivity index (χ2n) is 18.5. The third-order valence-corrected chi connectivity index (χ3v) is 14.1. The molecule has 2 atom stereocenters. The van der Waals surface area contributed by atoms with Crippen LogP contribution in [0.3, 0.4) is 0 Å². The molecule has 0 aliphatic heterocycles. The Bertz CT molecular complexity index is 3700. The highest BCUT2D eigenvalue weighted by molar-refractivity contribution is 5.90. The lowest BCUT2D eigenvalue weighted by Crippen LogP contribution is -2.37. The number of fused-ring (bicyclic) bond motifs is 3. The molecule has 0 spiro atoms. The normalized spacial score (nSPS) is 13.4. The summed E-state index contributed by atoms with van der Waals surface area (Å²) in [5.41, 5.74) is 12.8. The van der Waals surface area contributed by atoms with Gasteiger partial charge in [-0.2, -0.15) is 0 Å². The van der Waals surface area contributed by atoms with Crippen LogP contribution in [0, 0.1) is 0 Å². The zero-order chi connectivity index (χ0) is 47.3. The third kappa shape index (κ3) is 9.10. The lowest BCUT2D eigenvalue weighted by molar-refractivity contribution is 0.806. The van der Waals surface area contributed by atoms with Crippen LogP contribution in [-0.2, 0) is 6.42 Å². The van der Waals surface area contributed by atoms with Crippen LogP contribution in [0.2, 0.25) is 0 Å². The second kappa shape index (κ2) is 19.6. The van der Waals surface area contributed by atoms with Crippen LogP contribution in [0.15, 0.2) is 273 Å². The van der Waals surface area contributed by atoms with Gasteiger partial charge in [-0.05, 0) is 159 Å². The molecule has 11 aromatic carbocycles. The maximum Gasteiger partial charge on any atom is 0.0566 e. The van der Waals surface area contributed by atoms with E-state index in [1.165, 1.54) is 54.4 Å². The van der Waals surface area contributed by atoms with Crippen molar-refractivity contribution in [1.82, 2.24) is 0 Å². The van der Waals surface area contributed by atoms with Gasteiger partial charge in [-0.15, -0.1) is 0 Å². The molecule has 0 aromatic heterocycles. The van der Waals surface area contributed by atoms with Crippen molar-refractivity contribution in [3.05, 3.63) is 300 Å². The highest BCUT2D eigenvalue weighted by Gasteiger charge is 2.23. The third-order valence-electron chi connectivity index (χ3n) is 14.1. The Balaban J connectivity index is 0.948. The first-order valence-electron chi connectivity index (χ1n) is 24.8. The van der Waals surface area contributed by atoms with E-state index in [0.717, 1.165) is 52.7 Å². The number of anilines is 8. The molecule has 0 fully saturated rings. The Morgan fingerprint density at radius 3 is 1.35 bits per heavy atom. The Labute approximate surface area is 416 Å². The predicted octanol–water partition coefficient (Wildman–Crippen LogP) is 16.5. The van der Waals surface area contributed by atoms with Gasteiger partial charge in [-0.3, -0.25) is 0 Å². The first-order chi connectivity index (χ1) is 35.2. The molecule has 0 bridgehead atoms. The summed E-state index contributed by atoms with van der Waals surface area (Å²) < 4.78 is 0. The molecule has 71 heavy (non-hydrogen) atoms. The molecule has 1 aliphatic carbocycles. The minimum atomic E-state index is 0.163. The number of benzene rings is 11. The van der Waals surface area contributed by atoms with E-state index >= 15 is 0 Å². The smallest absolute Gasteiger partial charge is 0.0566 e. The Morgan fingerprint density at radius 1 is 0.324 bits per heavy atom. The van der Waals surface area contributed by atoms with Crippen LogP contribution in [0.25, 0.3) is 33.7 Å². The molecule has 0 amide bonds. The number of para-hydroxylation sites is 2. The van der Waals surface area contributed by atoms with E-state index in [1.54, 1.807) is 0 Å². The summed E-state index contributed by atoms with van der Waals surface area (Å²) in [7, 11) is 0. The van der Waals surface area contributed by atoms with Crippen LogP contribution < -0.4 is 25.1 Å². The van der Waals surface area contributed by atoms with Crippen molar-refractivity contribution in [1.29, 1.82) is 0 Å². The van der Waals surface area contributed by atoms with Crippen molar-refractivity contribution in [3.8, 4) is 0 Å². The monoisotopic (exact) mass is 911 g/mol. The van der Waals surface area contributed by atoms with E-state index < -0.39 is 0 Å². The average molecular weight is 912 g/mol. The Hall–Kier alpha value is -8.92. The zero-order valence-corrected chi connectivity index (χ0v) is 39.5. The van der Waals surface area contributed by atoms with Gasteiger partial charge in [0.2, 0.25) is 0 Å². The van der Waals surface area contributed by atoms with Crippen LogP contribution in [0.5, 0.6) is 0 Å². The molecule has 3 heteroatoms. The van der Waals surface area contributed by atoms with Gasteiger partial charge in [0.05, 0.1) is 6.04 Å². The summed E-state index contributed by atoms with van der Waals surface area (Å²) in [4.78, 5) is 7.22. The van der Waals surface area contributed by atoms with Crippen LogP contribution in [-0.4, -0.2) is 6.04 Å². The first kappa shape index (κ1) is 43.4. The second-order valence-corrected chi connectivity index (χ2v) is 18.5. The van der Waals surface area contributed by atoms with Gasteiger partial charge < -0.3 is 14.7 Å². The molecule has 11 aromatic rings. The topological polar surface area (TPSA) is 9.72 Å². The molecule has 0 saturated carbocycles. The van der Waals surface area contributed by atoms with E-state index in [-0.39, 0.29) is 12.0 Å². The summed E-state index contributed by atoms with van der Waals surface area (Å²) in [6.45, 7) is 0. The van der Waals surface area contributed by atoms with Crippen molar-refractivity contribution < 1.29 is 0 Å². The SMILES string of the molecule is C1=c2ccccc2=CC(N(c2ccccc2)c2ccc(N(c3ccc(C(Cc4ccccc4)c4ccc5ccccc5c4)cc3)c3ccc(N(c4ccccc4)c4ccc5ccccc5c4)cc3)cc2)C1. The number of rotatable bonds is 13. The van der Waals surface area contributed by atoms with Crippen molar-refractivity contribution in [3.63, 3.8) is 0 Å². The lowest BCUT2D eigenvalue weighted by Gasteiger charge is -2.33. The van der Waals surface area contributed by atoms with Crippen molar-refractivity contribution in [2.45, 2.75) is 24.8 Å². The molecule has 0 heterocycles. The van der Waals surface area contributed by atoms with Gasteiger partial charge in [0.25, 0.3) is 0 Å². The van der Waals surface area contributed by atoms with E-state index in [9.17, 15) is 0 Å². The minimum absolute atomic E-state index is 0.163. The highest BCUT2D eigenvalue weighted by Crippen LogP contribution is 2.42. The van der Waals surface area contributed by atoms with Crippen molar-refractivity contribution >= 4 is 79.2 Å². The predicted molar refractivity (Wildman–Crippen MR) is 301 cm³/mol. The minimum Gasteiger partial charge on any atom is -0.334 e. The van der Waals surface area contributed by atoms with Crippen molar-refractivity contribution in [2.24, 2.45) is 0 Å². The van der Waals surface area contributed by atoms with Gasteiger partial charge in [0.15, 0.2) is 0 Å². The fraction of sp³-hybridized carbons (Fsp3) is 0.0588. The van der Waals surface area contributed by atoms with Gasteiger partial charge in [0.1, 0.15) is 0 Å². The molecule has 2 unspecified atom stereocenters. The van der Waals surface area contributed by atoms with Gasteiger partial charge >= 0.3 is 0 Å². The quantitative estimate of drug-likeness (QED) is 0.114.